The molecule has 0 bridgehead atoms. The Morgan fingerprint density at radius 1 is 1.00 bits per heavy atom. The topological polar surface area (TPSA) is 0 Å². The summed E-state index contributed by atoms with van der Waals surface area (Å²) in [4.78, 5) is 0. The van der Waals surface area contributed by atoms with Crippen molar-refractivity contribution in [1.29, 1.82) is 0 Å². The van der Waals surface area contributed by atoms with Crippen LogP contribution in [0.25, 0.3) is 0 Å². The fourth-order valence-electron chi connectivity index (χ4n) is 2.11. The van der Waals surface area contributed by atoms with Crippen molar-refractivity contribution in [3.63, 3.8) is 0 Å². The second kappa shape index (κ2) is 6.27. The minimum absolute atomic E-state index is 0.669. The van der Waals surface area contributed by atoms with E-state index in [0.29, 0.717) is 5.41 Å². The number of allylic oxidation sites excluding steroid dienone is 2. The highest BCUT2D eigenvalue weighted by Crippen LogP contribution is 2.51. The SMILES string of the molecule is CCC=CC1(CCCCCCC)CC1. The van der Waals surface area contributed by atoms with Gasteiger partial charge in [0, 0.05) is 0 Å². The first-order valence-electron chi connectivity index (χ1n) is 6.51. The molecule has 0 spiro atoms. The van der Waals surface area contributed by atoms with Crippen molar-refractivity contribution in [2.45, 2.75) is 71.6 Å². The Morgan fingerprint density at radius 2 is 1.71 bits per heavy atom. The van der Waals surface area contributed by atoms with Crippen molar-refractivity contribution in [3.8, 4) is 0 Å². The van der Waals surface area contributed by atoms with E-state index >= 15 is 0 Å². The molecule has 0 unspecified atom stereocenters. The third-order valence-electron chi connectivity index (χ3n) is 3.38. The van der Waals surface area contributed by atoms with Gasteiger partial charge in [-0.05, 0) is 31.1 Å². The van der Waals surface area contributed by atoms with Crippen molar-refractivity contribution in [2.75, 3.05) is 0 Å². The van der Waals surface area contributed by atoms with Crippen molar-refractivity contribution in [3.05, 3.63) is 12.2 Å². The van der Waals surface area contributed by atoms with Gasteiger partial charge in [-0.25, -0.2) is 0 Å². The van der Waals surface area contributed by atoms with E-state index < -0.39 is 0 Å². The third kappa shape index (κ3) is 4.30. The average molecular weight is 194 g/mol. The minimum Gasteiger partial charge on any atom is -0.0883 e. The van der Waals surface area contributed by atoms with Crippen LogP contribution < -0.4 is 0 Å². The molecule has 1 fully saturated rings. The standard InChI is InChI=1S/C14H26/c1-3-5-7-8-9-11-14(12-13-14)10-6-4-2/h6,10H,3-5,7-9,11-13H2,1-2H3. The second-order valence-electron chi connectivity index (χ2n) is 4.84. The average Bonchev–Trinajstić information content (AvgIpc) is 2.96. The molecular weight excluding hydrogens is 168 g/mol. The third-order valence-corrected chi connectivity index (χ3v) is 3.38. The molecular formula is C14H26. The molecule has 0 atom stereocenters. The van der Waals surface area contributed by atoms with Crippen molar-refractivity contribution >= 4 is 0 Å². The molecule has 0 aromatic carbocycles. The van der Waals surface area contributed by atoms with Crippen molar-refractivity contribution in [1.82, 2.24) is 0 Å². The molecule has 0 heterocycles. The quantitative estimate of drug-likeness (QED) is 0.373. The molecule has 1 aliphatic rings. The van der Waals surface area contributed by atoms with Crippen LogP contribution in [0.3, 0.4) is 0 Å². The molecule has 0 heteroatoms. The number of rotatable bonds is 8. The molecule has 1 aliphatic carbocycles. The lowest BCUT2D eigenvalue weighted by molar-refractivity contribution is 0.512. The van der Waals surface area contributed by atoms with Crippen LogP contribution in [0.2, 0.25) is 0 Å². The maximum atomic E-state index is 2.49. The Kier molecular flexibility index (Phi) is 5.29. The van der Waals surface area contributed by atoms with Crippen LogP contribution in [0.4, 0.5) is 0 Å². The summed E-state index contributed by atoms with van der Waals surface area (Å²) in [5, 5.41) is 0. The fraction of sp³-hybridized carbons (Fsp3) is 0.857. The van der Waals surface area contributed by atoms with E-state index in [2.05, 4.69) is 26.0 Å². The zero-order chi connectivity index (χ0) is 10.3. The number of hydrogen-bond donors (Lipinski definition) is 0. The lowest BCUT2D eigenvalue weighted by atomic mass is 9.97. The van der Waals surface area contributed by atoms with Gasteiger partial charge in [-0.3, -0.25) is 0 Å². The van der Waals surface area contributed by atoms with Crippen molar-refractivity contribution in [2.24, 2.45) is 5.41 Å². The summed E-state index contributed by atoms with van der Waals surface area (Å²) in [6.07, 6.45) is 17.6. The summed E-state index contributed by atoms with van der Waals surface area (Å²) in [6, 6.07) is 0. The molecule has 0 saturated heterocycles. The van der Waals surface area contributed by atoms with Crippen LogP contribution in [-0.4, -0.2) is 0 Å². The zero-order valence-corrected chi connectivity index (χ0v) is 10.0. The largest absolute Gasteiger partial charge is 0.0883 e. The smallest absolute Gasteiger partial charge is 0.0118 e. The molecule has 0 radical (unpaired) electrons. The van der Waals surface area contributed by atoms with Gasteiger partial charge in [-0.15, -0.1) is 0 Å². The van der Waals surface area contributed by atoms with Gasteiger partial charge in [-0.2, -0.15) is 0 Å². The summed E-state index contributed by atoms with van der Waals surface area (Å²) in [5.74, 6) is 0. The molecule has 1 saturated carbocycles. The Labute approximate surface area is 89.8 Å². The molecule has 14 heavy (non-hydrogen) atoms. The Morgan fingerprint density at radius 3 is 2.29 bits per heavy atom. The van der Waals surface area contributed by atoms with Crippen LogP contribution in [0.15, 0.2) is 12.2 Å². The van der Waals surface area contributed by atoms with Crippen LogP contribution in [0.1, 0.15) is 71.6 Å². The van der Waals surface area contributed by atoms with E-state index in [1.807, 2.05) is 0 Å². The van der Waals surface area contributed by atoms with E-state index in [-0.39, 0.29) is 0 Å². The molecule has 0 aliphatic heterocycles. The van der Waals surface area contributed by atoms with Gasteiger partial charge in [0.2, 0.25) is 0 Å². The Hall–Kier alpha value is -0.260. The highest BCUT2D eigenvalue weighted by molar-refractivity contribution is 5.08. The van der Waals surface area contributed by atoms with E-state index in [1.165, 1.54) is 57.8 Å². The lowest BCUT2D eigenvalue weighted by Crippen LogP contribution is -1.95. The number of unbranched alkanes of at least 4 members (excludes halogenated alkanes) is 4. The first kappa shape index (κ1) is 11.8. The van der Waals surface area contributed by atoms with E-state index in [0.717, 1.165) is 0 Å². The van der Waals surface area contributed by atoms with Crippen LogP contribution in [0.5, 0.6) is 0 Å². The normalized spacial score (nSPS) is 19.0. The van der Waals surface area contributed by atoms with E-state index in [1.54, 1.807) is 0 Å². The molecule has 0 amide bonds. The molecule has 0 aromatic heterocycles. The summed E-state index contributed by atoms with van der Waals surface area (Å²) in [5.41, 5.74) is 0.669. The molecule has 1 rings (SSSR count). The highest BCUT2D eigenvalue weighted by atomic mass is 14.4. The fourth-order valence-corrected chi connectivity index (χ4v) is 2.11. The van der Waals surface area contributed by atoms with Gasteiger partial charge < -0.3 is 0 Å². The summed E-state index contributed by atoms with van der Waals surface area (Å²) >= 11 is 0. The zero-order valence-electron chi connectivity index (χ0n) is 10.0. The lowest BCUT2D eigenvalue weighted by Gasteiger charge is -2.09. The summed E-state index contributed by atoms with van der Waals surface area (Å²) < 4.78 is 0. The second-order valence-corrected chi connectivity index (χ2v) is 4.84. The van der Waals surface area contributed by atoms with Crippen LogP contribution in [0, 0.1) is 5.41 Å². The van der Waals surface area contributed by atoms with Gasteiger partial charge in [0.15, 0.2) is 0 Å². The van der Waals surface area contributed by atoms with E-state index in [9.17, 15) is 0 Å². The predicted molar refractivity (Wildman–Crippen MR) is 64.5 cm³/mol. The predicted octanol–water partition coefficient (Wildman–Crippen LogP) is 5.09. The summed E-state index contributed by atoms with van der Waals surface area (Å²) in [7, 11) is 0. The first-order chi connectivity index (χ1) is 6.83. The van der Waals surface area contributed by atoms with Gasteiger partial charge in [0.25, 0.3) is 0 Å². The Balaban J connectivity index is 2.03. The first-order valence-corrected chi connectivity index (χ1v) is 6.51. The molecule has 0 aromatic rings. The van der Waals surface area contributed by atoms with Gasteiger partial charge in [0.05, 0.1) is 0 Å². The highest BCUT2D eigenvalue weighted by Gasteiger charge is 2.38. The monoisotopic (exact) mass is 194 g/mol. The van der Waals surface area contributed by atoms with Crippen molar-refractivity contribution < 1.29 is 0 Å². The van der Waals surface area contributed by atoms with Gasteiger partial charge >= 0.3 is 0 Å². The molecule has 0 N–H and O–H groups in total. The van der Waals surface area contributed by atoms with E-state index in [4.69, 9.17) is 0 Å². The van der Waals surface area contributed by atoms with Gasteiger partial charge in [0.1, 0.15) is 0 Å². The Bertz CT molecular complexity index is 163. The summed E-state index contributed by atoms with van der Waals surface area (Å²) in [6.45, 7) is 4.51. The van der Waals surface area contributed by atoms with Crippen LogP contribution in [-0.2, 0) is 0 Å². The molecule has 0 nitrogen and oxygen atoms in total. The maximum absolute atomic E-state index is 2.49. The maximum Gasteiger partial charge on any atom is -0.0118 e. The van der Waals surface area contributed by atoms with Crippen LogP contribution >= 0.6 is 0 Å². The minimum atomic E-state index is 0.669. The van der Waals surface area contributed by atoms with Gasteiger partial charge in [-0.1, -0.05) is 58.1 Å². The molecule has 82 valence electrons. The number of hydrogen-bond acceptors (Lipinski definition) is 0.